The third-order valence-corrected chi connectivity index (χ3v) is 12.0. The summed E-state index contributed by atoms with van der Waals surface area (Å²) in [6.45, 7) is 3.55. The number of rotatable bonds is 5. The molecular formula is C33H37NO6S. The summed E-state index contributed by atoms with van der Waals surface area (Å²) < 4.78 is 13.3. The zero-order valence-electron chi connectivity index (χ0n) is 23.4. The summed E-state index contributed by atoms with van der Waals surface area (Å²) in [7, 11) is 0. The number of aliphatic hydroxyl groups excluding tert-OH is 2. The smallest absolute Gasteiger partial charge is 0.193 e. The predicted octanol–water partition coefficient (Wildman–Crippen LogP) is 4.52. The first-order valence-electron chi connectivity index (χ1n) is 14.6. The van der Waals surface area contributed by atoms with Gasteiger partial charge in [-0.2, -0.15) is 0 Å². The first-order chi connectivity index (χ1) is 19.6. The molecular weight excluding hydrogens is 538 g/mol. The Bertz CT molecular complexity index is 1480. The fourth-order valence-corrected chi connectivity index (χ4v) is 10.3. The minimum atomic E-state index is -1.34. The molecule has 1 saturated heterocycles. The number of aliphatic hydroxyl groups is 2. The van der Waals surface area contributed by atoms with Crippen LogP contribution in [0.5, 0.6) is 0 Å². The number of thiophene rings is 1. The molecule has 5 aliphatic rings. The van der Waals surface area contributed by atoms with Crippen LogP contribution in [0.4, 0.5) is 5.69 Å². The van der Waals surface area contributed by atoms with Gasteiger partial charge >= 0.3 is 0 Å². The first-order valence-corrected chi connectivity index (χ1v) is 15.5. The van der Waals surface area contributed by atoms with Crippen molar-refractivity contribution >= 4 is 28.6 Å². The van der Waals surface area contributed by atoms with Gasteiger partial charge < -0.3 is 25.4 Å². The molecule has 4 aliphatic carbocycles. The number of nitrogens with two attached hydrogens (primary N) is 1. The quantitative estimate of drug-likeness (QED) is 0.449. The molecule has 0 bridgehead atoms. The van der Waals surface area contributed by atoms with Crippen LogP contribution in [-0.4, -0.2) is 46.2 Å². The lowest BCUT2D eigenvalue weighted by molar-refractivity contribution is -0.201. The van der Waals surface area contributed by atoms with Crippen LogP contribution in [0, 0.1) is 28.6 Å². The average molecular weight is 576 g/mol. The van der Waals surface area contributed by atoms with Crippen molar-refractivity contribution in [1.82, 2.24) is 0 Å². The Morgan fingerprint density at radius 3 is 2.85 bits per heavy atom. The maximum atomic E-state index is 13.7. The van der Waals surface area contributed by atoms with Gasteiger partial charge in [0.05, 0.1) is 12.2 Å². The molecule has 0 spiro atoms. The van der Waals surface area contributed by atoms with E-state index in [0.717, 1.165) is 46.5 Å². The Morgan fingerprint density at radius 1 is 1.24 bits per heavy atom. The second-order valence-electron chi connectivity index (χ2n) is 13.1. The molecule has 4 fully saturated rings. The number of benzene rings is 1. The highest BCUT2D eigenvalue weighted by molar-refractivity contribution is 7.10. The van der Waals surface area contributed by atoms with Gasteiger partial charge in [-0.15, -0.1) is 11.3 Å². The third-order valence-electron chi connectivity index (χ3n) is 11.1. The maximum Gasteiger partial charge on any atom is 0.193 e. The normalized spacial score (nSPS) is 40.9. The summed E-state index contributed by atoms with van der Waals surface area (Å²) in [5.74, 6) is -0.224. The summed E-state index contributed by atoms with van der Waals surface area (Å²) >= 11 is 1.61. The molecule has 7 nitrogen and oxygen atoms in total. The molecule has 9 atom stereocenters. The van der Waals surface area contributed by atoms with Gasteiger partial charge in [0.1, 0.15) is 6.61 Å². The van der Waals surface area contributed by atoms with E-state index in [0.29, 0.717) is 12.8 Å². The largest absolute Gasteiger partial charge is 0.399 e. The molecule has 7 rings (SSSR count). The Morgan fingerprint density at radius 2 is 2.07 bits per heavy atom. The molecule has 0 radical (unpaired) electrons. The number of hydrogen-bond donors (Lipinski definition) is 3. The van der Waals surface area contributed by atoms with Crippen LogP contribution in [0.25, 0.3) is 0 Å². The number of hydrogen-bond acceptors (Lipinski definition) is 8. The standard InChI is InChI=1S/C33H37NO6S/c1-31-9-8-22(36)13-20(31)6-7-24-25-14-28-33(27(38)16-35,32(25,2)15-26(37)29(24)31)40-30(39-28)19-12-23(41-17-19)11-18-4-3-5-21(34)10-18/h3-5,8-10,12-13,17,24-26,28-30,35,37H,6-7,11,14-16,34H2,1-2H3/t24-,25-,26-,28+,29+,30+,31-,32-,33+/m0/s1. The summed E-state index contributed by atoms with van der Waals surface area (Å²) in [5, 5.41) is 24.0. The predicted molar refractivity (Wildman–Crippen MR) is 155 cm³/mol. The summed E-state index contributed by atoms with van der Waals surface area (Å²) in [6.07, 6.45) is 6.78. The van der Waals surface area contributed by atoms with Gasteiger partial charge in [0.15, 0.2) is 23.5 Å². The molecule has 1 aromatic carbocycles. The molecule has 41 heavy (non-hydrogen) atoms. The highest BCUT2D eigenvalue weighted by atomic mass is 32.1. The second-order valence-corrected chi connectivity index (χ2v) is 14.1. The van der Waals surface area contributed by atoms with Crippen LogP contribution in [0.15, 0.2) is 59.5 Å². The van der Waals surface area contributed by atoms with Crippen molar-refractivity contribution in [1.29, 1.82) is 0 Å². The monoisotopic (exact) mass is 575 g/mol. The highest BCUT2D eigenvalue weighted by Crippen LogP contribution is 2.70. The van der Waals surface area contributed by atoms with Crippen LogP contribution in [-0.2, 0) is 25.5 Å². The van der Waals surface area contributed by atoms with E-state index in [2.05, 4.69) is 19.9 Å². The van der Waals surface area contributed by atoms with Crippen LogP contribution in [0.1, 0.15) is 61.8 Å². The van der Waals surface area contributed by atoms with Crippen molar-refractivity contribution in [2.75, 3.05) is 12.3 Å². The van der Waals surface area contributed by atoms with Crippen molar-refractivity contribution in [3.05, 3.63) is 75.5 Å². The molecule has 216 valence electrons. The molecule has 0 unspecified atom stereocenters. The zero-order valence-corrected chi connectivity index (χ0v) is 24.2. The number of ether oxygens (including phenoxy) is 2. The third kappa shape index (κ3) is 3.84. The number of ketones is 2. The van der Waals surface area contributed by atoms with E-state index in [1.807, 2.05) is 35.7 Å². The van der Waals surface area contributed by atoms with E-state index in [-0.39, 0.29) is 29.3 Å². The topological polar surface area (TPSA) is 119 Å². The molecule has 1 aliphatic heterocycles. The zero-order chi connectivity index (χ0) is 28.7. The number of Topliss-reactive ketones (excluding diaryl/α,β-unsaturated/α-hetero) is 1. The Balaban J connectivity index is 1.19. The first kappa shape index (κ1) is 27.2. The minimum Gasteiger partial charge on any atom is -0.399 e. The highest BCUT2D eigenvalue weighted by Gasteiger charge is 2.75. The molecule has 3 saturated carbocycles. The number of allylic oxidation sites excluding steroid dienone is 4. The van der Waals surface area contributed by atoms with Gasteiger partial charge in [-0.25, -0.2) is 0 Å². The van der Waals surface area contributed by atoms with Crippen molar-refractivity contribution in [3.63, 3.8) is 0 Å². The van der Waals surface area contributed by atoms with Crippen LogP contribution >= 0.6 is 11.3 Å². The summed E-state index contributed by atoms with van der Waals surface area (Å²) in [4.78, 5) is 27.0. The molecule has 1 aromatic heterocycles. The van der Waals surface area contributed by atoms with E-state index >= 15 is 0 Å². The minimum absolute atomic E-state index is 0.00582. The average Bonchev–Trinajstić information content (AvgIpc) is 3.61. The lowest BCUT2D eigenvalue weighted by Crippen LogP contribution is -2.63. The van der Waals surface area contributed by atoms with Crippen molar-refractivity contribution in [2.45, 2.75) is 70.1 Å². The number of nitrogen functional groups attached to an aromatic ring is 1. The van der Waals surface area contributed by atoms with Gasteiger partial charge in [0, 0.05) is 39.3 Å². The molecule has 0 amide bonds. The van der Waals surface area contributed by atoms with E-state index in [4.69, 9.17) is 15.2 Å². The molecule has 8 heteroatoms. The van der Waals surface area contributed by atoms with Gasteiger partial charge in [-0.3, -0.25) is 9.59 Å². The van der Waals surface area contributed by atoms with Gasteiger partial charge in [0.2, 0.25) is 0 Å². The van der Waals surface area contributed by atoms with Gasteiger partial charge in [-0.1, -0.05) is 37.6 Å². The Kier molecular flexibility index (Phi) is 6.27. The molecule has 2 heterocycles. The van der Waals surface area contributed by atoms with Crippen molar-refractivity contribution < 1.29 is 29.3 Å². The van der Waals surface area contributed by atoms with Crippen LogP contribution < -0.4 is 5.73 Å². The summed E-state index contributed by atoms with van der Waals surface area (Å²) in [5.41, 5.74) is 7.31. The lowest BCUT2D eigenvalue weighted by Gasteiger charge is -2.59. The van der Waals surface area contributed by atoms with Crippen molar-refractivity contribution in [3.8, 4) is 0 Å². The van der Waals surface area contributed by atoms with Gasteiger partial charge in [0.25, 0.3) is 0 Å². The Labute approximate surface area is 244 Å². The van der Waals surface area contributed by atoms with Crippen molar-refractivity contribution in [2.24, 2.45) is 28.6 Å². The lowest BCUT2D eigenvalue weighted by atomic mass is 9.46. The second kappa shape index (κ2) is 9.44. The van der Waals surface area contributed by atoms with E-state index in [9.17, 15) is 19.8 Å². The Hall–Kier alpha value is -2.62. The van der Waals surface area contributed by atoms with E-state index in [1.54, 1.807) is 23.5 Å². The fourth-order valence-electron chi connectivity index (χ4n) is 9.35. The summed E-state index contributed by atoms with van der Waals surface area (Å²) in [6, 6.07) is 9.89. The molecule has 4 N–H and O–H groups in total. The van der Waals surface area contributed by atoms with E-state index in [1.165, 1.54) is 0 Å². The number of carbonyl (C=O) groups is 2. The van der Waals surface area contributed by atoms with Gasteiger partial charge in [-0.05, 0) is 78.8 Å². The molecule has 2 aromatic rings. The van der Waals surface area contributed by atoms with E-state index < -0.39 is 41.5 Å². The maximum absolute atomic E-state index is 13.7. The van der Waals surface area contributed by atoms with Crippen LogP contribution in [0.3, 0.4) is 0 Å². The van der Waals surface area contributed by atoms with Crippen LogP contribution in [0.2, 0.25) is 0 Å². The SMILES string of the molecule is C[C@]12C=CC(=O)C=C1CC[C@@H]1[C@@H]2[C@@H](O)C[C@@]2(C)[C@H]1C[C@H]1O[C@@H](c3csc(Cc4cccc(N)c4)c3)O[C@]12C(=O)CO. The number of anilines is 1. The fraction of sp³-hybridized carbons (Fsp3) is 0.515. The number of carbonyl (C=O) groups excluding carboxylic acids is 2. The number of fused-ring (bicyclic) bond motifs is 7.